The van der Waals surface area contributed by atoms with E-state index in [9.17, 15) is 0 Å². The van der Waals surface area contributed by atoms with Gasteiger partial charge in [-0.15, -0.1) is 24.0 Å². The Balaban J connectivity index is 0.00000289. The molecule has 0 amide bonds. The molecule has 2 heterocycles. The molecule has 0 radical (unpaired) electrons. The van der Waals surface area contributed by atoms with Crippen LogP contribution in [-0.4, -0.2) is 47.7 Å². The number of likely N-dealkylation sites (tertiary alicyclic amines) is 1. The molecule has 0 bridgehead atoms. The minimum Gasteiger partial charge on any atom is -0.354 e. The Kier molecular flexibility index (Phi) is 9.31. The highest BCUT2D eigenvalue weighted by Crippen LogP contribution is 2.24. The van der Waals surface area contributed by atoms with Crippen LogP contribution < -0.4 is 10.6 Å². The Morgan fingerprint density at radius 2 is 1.81 bits per heavy atom. The number of hydrogen-bond acceptors (Lipinski definition) is 5. The van der Waals surface area contributed by atoms with Crippen LogP contribution in [0.5, 0.6) is 0 Å². The van der Waals surface area contributed by atoms with Crippen LogP contribution in [0.4, 0.5) is 0 Å². The standard InChI is InChI=1S/C23H27ClN6O.HI/c1-25-23(26-15-20(30-13-5-6-14-30)17-7-3-2-4-8-17)27-16-21-28-22(29-31-21)18-9-11-19(24)12-10-18;/h2-4,7-12,20H,5-6,13-16H2,1H3,(H2,25,26,27);1H. The van der Waals surface area contributed by atoms with Crippen molar-refractivity contribution < 1.29 is 4.52 Å². The molecule has 9 heteroatoms. The van der Waals surface area contributed by atoms with E-state index in [4.69, 9.17) is 16.1 Å². The van der Waals surface area contributed by atoms with Crippen molar-refractivity contribution in [2.45, 2.75) is 25.4 Å². The predicted octanol–water partition coefficient (Wildman–Crippen LogP) is 4.51. The minimum atomic E-state index is 0. The van der Waals surface area contributed by atoms with E-state index in [0.29, 0.717) is 35.3 Å². The van der Waals surface area contributed by atoms with Gasteiger partial charge in [-0.25, -0.2) is 0 Å². The molecule has 1 fully saturated rings. The summed E-state index contributed by atoms with van der Waals surface area (Å²) in [6, 6.07) is 18.3. The molecule has 7 nitrogen and oxygen atoms in total. The zero-order chi connectivity index (χ0) is 21.5. The van der Waals surface area contributed by atoms with E-state index in [1.165, 1.54) is 18.4 Å². The molecule has 2 N–H and O–H groups in total. The van der Waals surface area contributed by atoms with Crippen molar-refractivity contribution in [2.24, 2.45) is 4.99 Å². The Bertz CT molecular complexity index is 989. The molecular formula is C23H28ClIN6O. The van der Waals surface area contributed by atoms with Crippen LogP contribution in [0, 0.1) is 0 Å². The number of hydrogen-bond donors (Lipinski definition) is 2. The monoisotopic (exact) mass is 566 g/mol. The Hall–Kier alpha value is -2.17. The van der Waals surface area contributed by atoms with Crippen molar-refractivity contribution in [1.82, 2.24) is 25.7 Å². The third-order valence-corrected chi connectivity index (χ3v) is 5.68. The van der Waals surface area contributed by atoms with Gasteiger partial charge in [-0.2, -0.15) is 4.98 Å². The Labute approximate surface area is 210 Å². The largest absolute Gasteiger partial charge is 0.354 e. The molecule has 0 spiro atoms. The second kappa shape index (κ2) is 12.2. The van der Waals surface area contributed by atoms with E-state index < -0.39 is 0 Å². The highest BCUT2D eigenvalue weighted by Gasteiger charge is 2.23. The lowest BCUT2D eigenvalue weighted by Crippen LogP contribution is -2.42. The van der Waals surface area contributed by atoms with Gasteiger partial charge < -0.3 is 15.2 Å². The SMILES string of the molecule is CN=C(NCc1nc(-c2ccc(Cl)cc2)no1)NCC(c1ccccc1)N1CCCC1.I. The summed E-state index contributed by atoms with van der Waals surface area (Å²) in [6.07, 6.45) is 2.51. The van der Waals surface area contributed by atoms with Crippen molar-refractivity contribution in [1.29, 1.82) is 0 Å². The van der Waals surface area contributed by atoms with Crippen molar-refractivity contribution >= 4 is 41.5 Å². The van der Waals surface area contributed by atoms with E-state index in [-0.39, 0.29) is 24.0 Å². The lowest BCUT2D eigenvalue weighted by Gasteiger charge is -2.28. The van der Waals surface area contributed by atoms with Gasteiger partial charge >= 0.3 is 0 Å². The number of aromatic nitrogens is 2. The lowest BCUT2D eigenvalue weighted by atomic mass is 10.1. The Morgan fingerprint density at radius 3 is 2.50 bits per heavy atom. The zero-order valence-electron chi connectivity index (χ0n) is 18.0. The normalized spacial score (nSPS) is 15.2. The molecule has 3 aromatic rings. The number of nitrogens with one attached hydrogen (secondary N) is 2. The fourth-order valence-corrected chi connectivity index (χ4v) is 3.93. The summed E-state index contributed by atoms with van der Waals surface area (Å²) in [4.78, 5) is 11.3. The maximum absolute atomic E-state index is 5.94. The van der Waals surface area contributed by atoms with E-state index in [1.807, 2.05) is 12.1 Å². The highest BCUT2D eigenvalue weighted by molar-refractivity contribution is 14.0. The quantitative estimate of drug-likeness (QED) is 0.249. The van der Waals surface area contributed by atoms with E-state index >= 15 is 0 Å². The number of halogens is 2. The number of nitrogens with zero attached hydrogens (tertiary/aromatic N) is 4. The van der Waals surface area contributed by atoms with Crippen molar-refractivity contribution in [3.8, 4) is 11.4 Å². The maximum atomic E-state index is 5.94. The van der Waals surface area contributed by atoms with Crippen LogP contribution in [0.15, 0.2) is 64.1 Å². The van der Waals surface area contributed by atoms with Crippen LogP contribution in [0.1, 0.15) is 30.3 Å². The first kappa shape index (κ1) is 24.5. The molecule has 0 saturated carbocycles. The van der Waals surface area contributed by atoms with Crippen molar-refractivity contribution in [2.75, 3.05) is 26.7 Å². The summed E-state index contributed by atoms with van der Waals surface area (Å²) >= 11 is 5.94. The second-order valence-corrected chi connectivity index (χ2v) is 7.93. The van der Waals surface area contributed by atoms with Crippen LogP contribution >= 0.6 is 35.6 Å². The summed E-state index contributed by atoms with van der Waals surface area (Å²) in [5, 5.41) is 11.4. The van der Waals surface area contributed by atoms with Crippen LogP contribution in [0.2, 0.25) is 5.02 Å². The number of aliphatic imine (C=N–C) groups is 1. The Morgan fingerprint density at radius 1 is 1.09 bits per heavy atom. The van der Waals surface area contributed by atoms with Gasteiger partial charge in [-0.3, -0.25) is 9.89 Å². The molecule has 170 valence electrons. The summed E-state index contributed by atoms with van der Waals surface area (Å²) in [6.45, 7) is 3.41. The number of benzene rings is 2. The molecule has 1 unspecified atom stereocenters. The molecule has 1 saturated heterocycles. The molecule has 1 atom stereocenters. The van der Waals surface area contributed by atoms with Gasteiger partial charge in [-0.05, 0) is 55.8 Å². The van der Waals surface area contributed by atoms with E-state index in [1.54, 1.807) is 19.2 Å². The van der Waals surface area contributed by atoms with E-state index in [0.717, 1.165) is 25.2 Å². The summed E-state index contributed by atoms with van der Waals surface area (Å²) in [5.74, 6) is 1.73. The van der Waals surface area contributed by atoms with E-state index in [2.05, 4.69) is 61.0 Å². The van der Waals surface area contributed by atoms with Crippen LogP contribution in [0.25, 0.3) is 11.4 Å². The van der Waals surface area contributed by atoms with Gasteiger partial charge in [-0.1, -0.05) is 47.1 Å². The van der Waals surface area contributed by atoms with Gasteiger partial charge in [0.05, 0.1) is 12.6 Å². The van der Waals surface area contributed by atoms with Gasteiger partial charge in [0.15, 0.2) is 5.96 Å². The topological polar surface area (TPSA) is 78.6 Å². The first-order valence-corrected chi connectivity index (χ1v) is 10.9. The molecule has 2 aromatic carbocycles. The first-order chi connectivity index (χ1) is 15.2. The van der Waals surface area contributed by atoms with Gasteiger partial charge in [0.2, 0.25) is 11.7 Å². The second-order valence-electron chi connectivity index (χ2n) is 7.49. The summed E-state index contributed by atoms with van der Waals surface area (Å²) in [7, 11) is 1.76. The van der Waals surface area contributed by atoms with Crippen LogP contribution in [0.3, 0.4) is 0 Å². The first-order valence-electron chi connectivity index (χ1n) is 10.5. The molecule has 1 aliphatic rings. The summed E-state index contributed by atoms with van der Waals surface area (Å²) < 4.78 is 5.37. The van der Waals surface area contributed by atoms with Gasteiger partial charge in [0.1, 0.15) is 0 Å². The third kappa shape index (κ3) is 6.43. The fraction of sp³-hybridized carbons (Fsp3) is 0.348. The summed E-state index contributed by atoms with van der Waals surface area (Å²) in [5.41, 5.74) is 2.18. The highest BCUT2D eigenvalue weighted by atomic mass is 127. The van der Waals surface area contributed by atoms with Gasteiger partial charge in [0.25, 0.3) is 0 Å². The third-order valence-electron chi connectivity index (χ3n) is 5.43. The minimum absolute atomic E-state index is 0. The smallest absolute Gasteiger partial charge is 0.246 e. The van der Waals surface area contributed by atoms with Crippen molar-refractivity contribution in [3.05, 3.63) is 71.1 Å². The van der Waals surface area contributed by atoms with Crippen molar-refractivity contribution in [3.63, 3.8) is 0 Å². The van der Waals surface area contributed by atoms with Crippen LogP contribution in [-0.2, 0) is 6.54 Å². The molecule has 4 rings (SSSR count). The molecule has 1 aromatic heterocycles. The average molecular weight is 567 g/mol. The maximum Gasteiger partial charge on any atom is 0.246 e. The number of rotatable bonds is 7. The molecule has 1 aliphatic heterocycles. The van der Waals surface area contributed by atoms with Gasteiger partial charge in [0, 0.05) is 24.2 Å². The average Bonchev–Trinajstić information content (AvgIpc) is 3.50. The molecular weight excluding hydrogens is 539 g/mol. The fourth-order valence-electron chi connectivity index (χ4n) is 3.80. The zero-order valence-corrected chi connectivity index (χ0v) is 21.1. The molecule has 32 heavy (non-hydrogen) atoms. The number of guanidine groups is 1. The molecule has 0 aliphatic carbocycles. The lowest BCUT2D eigenvalue weighted by molar-refractivity contribution is 0.245. The predicted molar refractivity (Wildman–Crippen MR) is 138 cm³/mol.